The highest BCUT2D eigenvalue weighted by Gasteiger charge is 2.25. The molecule has 3 heteroatoms. The molecule has 0 aliphatic rings. The van der Waals surface area contributed by atoms with Crippen molar-refractivity contribution in [3.8, 4) is 11.8 Å². The summed E-state index contributed by atoms with van der Waals surface area (Å²) in [7, 11) is 0. The largest absolute Gasteiger partial charge is 0.384 e. The first-order chi connectivity index (χ1) is 8.90. The van der Waals surface area contributed by atoms with Crippen molar-refractivity contribution in [2.24, 2.45) is 5.41 Å². The molecule has 0 atom stereocenters. The Morgan fingerprint density at radius 2 is 2.11 bits per heavy atom. The molecule has 1 aromatic carbocycles. The van der Waals surface area contributed by atoms with Gasteiger partial charge in [0.2, 0.25) is 5.91 Å². The van der Waals surface area contributed by atoms with Crippen LogP contribution in [0.3, 0.4) is 0 Å². The molecule has 0 bridgehead atoms. The van der Waals surface area contributed by atoms with Crippen LogP contribution in [-0.2, 0) is 4.79 Å². The lowest BCUT2D eigenvalue weighted by atomic mass is 9.89. The van der Waals surface area contributed by atoms with E-state index in [0.29, 0.717) is 5.69 Å². The van der Waals surface area contributed by atoms with Crippen LogP contribution < -0.4 is 5.32 Å². The van der Waals surface area contributed by atoms with Crippen molar-refractivity contribution in [1.82, 2.24) is 0 Å². The molecule has 0 saturated heterocycles. The normalized spacial score (nSPS) is 10.6. The second-order valence-electron chi connectivity index (χ2n) is 5.20. The highest BCUT2D eigenvalue weighted by Crippen LogP contribution is 2.24. The van der Waals surface area contributed by atoms with Gasteiger partial charge in [-0.15, -0.1) is 0 Å². The molecule has 1 rings (SSSR count). The van der Waals surface area contributed by atoms with Gasteiger partial charge >= 0.3 is 0 Å². The molecule has 2 N–H and O–H groups in total. The maximum Gasteiger partial charge on any atom is 0.230 e. The van der Waals surface area contributed by atoms with Gasteiger partial charge in [-0.3, -0.25) is 4.79 Å². The molecule has 0 aromatic heterocycles. The molecule has 0 fully saturated rings. The molecule has 0 radical (unpaired) electrons. The van der Waals surface area contributed by atoms with Crippen molar-refractivity contribution < 1.29 is 9.90 Å². The second-order valence-corrected chi connectivity index (χ2v) is 5.20. The highest BCUT2D eigenvalue weighted by molar-refractivity contribution is 5.96. The molecule has 0 spiro atoms. The van der Waals surface area contributed by atoms with E-state index < -0.39 is 5.41 Å². The van der Waals surface area contributed by atoms with Crippen LogP contribution in [0.25, 0.3) is 0 Å². The summed E-state index contributed by atoms with van der Waals surface area (Å²) in [5.41, 5.74) is 2.08. The number of aliphatic hydroxyl groups excluding tert-OH is 1. The summed E-state index contributed by atoms with van der Waals surface area (Å²) in [6.07, 6.45) is 0.766. The zero-order valence-electron chi connectivity index (χ0n) is 12.0. The Kier molecular flexibility index (Phi) is 5.14. The standard InChI is InChI=1S/C16H21NO2/c1-5-16(3,4)15(19)17-14-9-8-12(2)11-13(14)7-6-10-18/h8-9,11,18H,5,10H2,1-4H3,(H,17,19). The molecule has 102 valence electrons. The quantitative estimate of drug-likeness (QED) is 0.820. The summed E-state index contributed by atoms with van der Waals surface area (Å²) in [5.74, 6) is 5.45. The number of aliphatic hydroxyl groups is 1. The van der Waals surface area contributed by atoms with Gasteiger partial charge in [0.15, 0.2) is 0 Å². The van der Waals surface area contributed by atoms with Crippen LogP contribution in [0.15, 0.2) is 18.2 Å². The third-order valence-electron chi connectivity index (χ3n) is 3.22. The number of hydrogen-bond acceptors (Lipinski definition) is 2. The summed E-state index contributed by atoms with van der Waals surface area (Å²) in [6, 6.07) is 5.68. The molecular formula is C16H21NO2. The summed E-state index contributed by atoms with van der Waals surface area (Å²) in [5, 5.41) is 11.7. The van der Waals surface area contributed by atoms with E-state index in [4.69, 9.17) is 5.11 Å². The van der Waals surface area contributed by atoms with Crippen molar-refractivity contribution >= 4 is 11.6 Å². The van der Waals surface area contributed by atoms with Crippen LogP contribution in [0.2, 0.25) is 0 Å². The molecular weight excluding hydrogens is 238 g/mol. The molecule has 19 heavy (non-hydrogen) atoms. The van der Waals surface area contributed by atoms with Crippen molar-refractivity contribution in [3.63, 3.8) is 0 Å². The smallest absolute Gasteiger partial charge is 0.230 e. The van der Waals surface area contributed by atoms with Gasteiger partial charge in [0, 0.05) is 11.0 Å². The van der Waals surface area contributed by atoms with E-state index in [1.807, 2.05) is 45.9 Å². The van der Waals surface area contributed by atoms with E-state index in [-0.39, 0.29) is 12.5 Å². The SMILES string of the molecule is CCC(C)(C)C(=O)Nc1ccc(C)cc1C#CCO. The zero-order chi connectivity index (χ0) is 14.5. The third-order valence-corrected chi connectivity index (χ3v) is 3.22. The minimum absolute atomic E-state index is 0.0223. The molecule has 0 unspecified atom stereocenters. The molecule has 0 aliphatic heterocycles. The van der Waals surface area contributed by atoms with Gasteiger partial charge < -0.3 is 10.4 Å². The first kappa shape index (κ1) is 15.3. The van der Waals surface area contributed by atoms with Gasteiger partial charge in [0.1, 0.15) is 6.61 Å². The Hall–Kier alpha value is -1.79. The topological polar surface area (TPSA) is 49.3 Å². The van der Waals surface area contributed by atoms with Crippen molar-refractivity contribution in [3.05, 3.63) is 29.3 Å². The van der Waals surface area contributed by atoms with E-state index in [9.17, 15) is 4.79 Å². The Morgan fingerprint density at radius 3 is 2.68 bits per heavy atom. The van der Waals surface area contributed by atoms with Crippen molar-refractivity contribution in [2.75, 3.05) is 11.9 Å². The average molecular weight is 259 g/mol. The first-order valence-corrected chi connectivity index (χ1v) is 6.42. The fourth-order valence-electron chi connectivity index (χ4n) is 1.46. The van der Waals surface area contributed by atoms with E-state index in [2.05, 4.69) is 17.2 Å². The molecule has 3 nitrogen and oxygen atoms in total. The monoisotopic (exact) mass is 259 g/mol. The molecule has 0 saturated carbocycles. The van der Waals surface area contributed by atoms with E-state index in [1.165, 1.54) is 0 Å². The predicted molar refractivity (Wildman–Crippen MR) is 77.8 cm³/mol. The lowest BCUT2D eigenvalue weighted by molar-refractivity contribution is -0.124. The van der Waals surface area contributed by atoms with Crippen molar-refractivity contribution in [2.45, 2.75) is 34.1 Å². The van der Waals surface area contributed by atoms with E-state index in [1.54, 1.807) is 0 Å². The lowest BCUT2D eigenvalue weighted by Gasteiger charge is -2.22. The fourth-order valence-corrected chi connectivity index (χ4v) is 1.46. The number of nitrogens with one attached hydrogen (secondary N) is 1. The molecule has 0 heterocycles. The van der Waals surface area contributed by atoms with Crippen LogP contribution in [0.5, 0.6) is 0 Å². The number of anilines is 1. The summed E-state index contributed by atoms with van der Waals surface area (Å²) < 4.78 is 0. The van der Waals surface area contributed by atoms with E-state index >= 15 is 0 Å². The van der Waals surface area contributed by atoms with Crippen LogP contribution in [0.1, 0.15) is 38.3 Å². The number of carbonyl (C=O) groups is 1. The average Bonchev–Trinajstić information content (AvgIpc) is 2.38. The Labute approximate surface area is 115 Å². The van der Waals surface area contributed by atoms with Gasteiger partial charge in [0.05, 0.1) is 5.69 Å². The first-order valence-electron chi connectivity index (χ1n) is 6.42. The minimum atomic E-state index is -0.410. The summed E-state index contributed by atoms with van der Waals surface area (Å²) in [4.78, 5) is 12.2. The minimum Gasteiger partial charge on any atom is -0.384 e. The van der Waals surface area contributed by atoms with E-state index in [0.717, 1.165) is 17.5 Å². The maximum atomic E-state index is 12.2. The van der Waals surface area contributed by atoms with Gasteiger partial charge in [-0.25, -0.2) is 0 Å². The fraction of sp³-hybridized carbons (Fsp3) is 0.438. The van der Waals surface area contributed by atoms with Gasteiger partial charge in [-0.1, -0.05) is 38.7 Å². The number of amides is 1. The third kappa shape index (κ3) is 4.11. The Morgan fingerprint density at radius 1 is 1.42 bits per heavy atom. The van der Waals surface area contributed by atoms with Gasteiger partial charge in [0.25, 0.3) is 0 Å². The molecule has 0 aliphatic carbocycles. The van der Waals surface area contributed by atoms with Crippen LogP contribution in [-0.4, -0.2) is 17.6 Å². The lowest BCUT2D eigenvalue weighted by Crippen LogP contribution is -2.30. The number of carbonyl (C=O) groups excluding carboxylic acids is 1. The van der Waals surface area contributed by atoms with Gasteiger partial charge in [-0.05, 0) is 31.0 Å². The van der Waals surface area contributed by atoms with Crippen molar-refractivity contribution in [1.29, 1.82) is 0 Å². The summed E-state index contributed by atoms with van der Waals surface area (Å²) >= 11 is 0. The van der Waals surface area contributed by atoms with Crippen LogP contribution in [0, 0.1) is 24.2 Å². The zero-order valence-corrected chi connectivity index (χ0v) is 12.0. The molecule has 1 aromatic rings. The number of hydrogen-bond donors (Lipinski definition) is 2. The maximum absolute atomic E-state index is 12.2. The van der Waals surface area contributed by atoms with Crippen LogP contribution in [0.4, 0.5) is 5.69 Å². The number of rotatable bonds is 3. The Bertz CT molecular complexity index is 521. The number of benzene rings is 1. The predicted octanol–water partition coefficient (Wildman–Crippen LogP) is 2.71. The van der Waals surface area contributed by atoms with Gasteiger partial charge in [-0.2, -0.15) is 0 Å². The second kappa shape index (κ2) is 6.40. The number of aryl methyl sites for hydroxylation is 1. The highest BCUT2D eigenvalue weighted by atomic mass is 16.2. The van der Waals surface area contributed by atoms with Crippen LogP contribution >= 0.6 is 0 Å². The Balaban J connectivity index is 3.04. The summed E-state index contributed by atoms with van der Waals surface area (Å²) in [6.45, 7) is 7.58. The molecule has 1 amide bonds.